The summed E-state index contributed by atoms with van der Waals surface area (Å²) in [6.07, 6.45) is 4.36. The summed E-state index contributed by atoms with van der Waals surface area (Å²) >= 11 is 0. The van der Waals surface area contributed by atoms with Gasteiger partial charge in [0.1, 0.15) is 5.69 Å². The maximum Gasteiger partial charge on any atom is 0.272 e. The second kappa shape index (κ2) is 9.00. The average molecular weight is 367 g/mol. The lowest BCUT2D eigenvalue weighted by atomic mass is 10.1. The normalized spacial score (nSPS) is 15.8. The van der Waals surface area contributed by atoms with E-state index >= 15 is 0 Å². The van der Waals surface area contributed by atoms with Crippen LogP contribution in [0.4, 0.5) is 0 Å². The van der Waals surface area contributed by atoms with Crippen molar-refractivity contribution in [3.8, 4) is 0 Å². The lowest BCUT2D eigenvalue weighted by molar-refractivity contribution is 0.0638. The number of hydrogen-bond donors (Lipinski definition) is 0. The van der Waals surface area contributed by atoms with Crippen molar-refractivity contribution in [2.24, 2.45) is 0 Å². The first kappa shape index (κ1) is 19.4. The van der Waals surface area contributed by atoms with E-state index in [0.29, 0.717) is 5.92 Å². The highest BCUT2D eigenvalue weighted by atomic mass is 16.2. The summed E-state index contributed by atoms with van der Waals surface area (Å²) in [4.78, 5) is 17.3. The van der Waals surface area contributed by atoms with E-state index < -0.39 is 0 Å². The largest absolute Gasteiger partial charge is 0.335 e. The van der Waals surface area contributed by atoms with Crippen LogP contribution in [0, 0.1) is 0 Å². The standard InChI is InChI=1S/C22H30N4O/c1-4-26-21(17-20(23-26)18(2)3)22(27)25-15-13-24(14-16-25)12-8-11-19-9-6-5-7-10-19/h5-11,17-18H,4,12-16H2,1-3H3/b11-8+. The number of hydrogen-bond acceptors (Lipinski definition) is 3. The van der Waals surface area contributed by atoms with Crippen molar-refractivity contribution in [2.75, 3.05) is 32.7 Å². The van der Waals surface area contributed by atoms with E-state index in [9.17, 15) is 4.79 Å². The van der Waals surface area contributed by atoms with Gasteiger partial charge in [0.05, 0.1) is 5.69 Å². The maximum atomic E-state index is 13.0. The van der Waals surface area contributed by atoms with Gasteiger partial charge in [-0.2, -0.15) is 5.10 Å². The number of carbonyl (C=O) groups is 1. The molecule has 1 saturated heterocycles. The van der Waals surface area contributed by atoms with Gasteiger partial charge in [0.2, 0.25) is 0 Å². The lowest BCUT2D eigenvalue weighted by Gasteiger charge is -2.34. The molecular weight excluding hydrogens is 336 g/mol. The van der Waals surface area contributed by atoms with Gasteiger partial charge in [-0.1, -0.05) is 56.3 Å². The van der Waals surface area contributed by atoms with Crippen molar-refractivity contribution in [2.45, 2.75) is 33.2 Å². The van der Waals surface area contributed by atoms with Crippen molar-refractivity contribution in [3.63, 3.8) is 0 Å². The Hall–Kier alpha value is -2.40. The Kier molecular flexibility index (Phi) is 6.45. The van der Waals surface area contributed by atoms with Gasteiger partial charge in [0.15, 0.2) is 0 Å². The van der Waals surface area contributed by atoms with Crippen LogP contribution in [0.2, 0.25) is 0 Å². The molecule has 0 N–H and O–H groups in total. The quantitative estimate of drug-likeness (QED) is 0.786. The van der Waals surface area contributed by atoms with Crippen LogP contribution in [0.1, 0.15) is 48.4 Å². The number of aromatic nitrogens is 2. The monoisotopic (exact) mass is 366 g/mol. The van der Waals surface area contributed by atoms with E-state index in [2.05, 4.69) is 60.3 Å². The Morgan fingerprint density at radius 2 is 1.85 bits per heavy atom. The summed E-state index contributed by atoms with van der Waals surface area (Å²) in [5.74, 6) is 0.438. The molecule has 5 heteroatoms. The van der Waals surface area contributed by atoms with E-state index in [1.54, 1.807) is 0 Å². The van der Waals surface area contributed by atoms with E-state index in [-0.39, 0.29) is 5.91 Å². The first-order valence-corrected chi connectivity index (χ1v) is 9.89. The van der Waals surface area contributed by atoms with Crippen LogP contribution in [0.15, 0.2) is 42.5 Å². The molecule has 0 radical (unpaired) electrons. The fraction of sp³-hybridized carbons (Fsp3) is 0.455. The molecule has 2 aromatic rings. The van der Waals surface area contributed by atoms with Crippen molar-refractivity contribution < 1.29 is 4.79 Å². The van der Waals surface area contributed by atoms with Crippen molar-refractivity contribution in [1.29, 1.82) is 0 Å². The van der Waals surface area contributed by atoms with E-state index in [1.165, 1.54) is 5.56 Å². The molecule has 1 fully saturated rings. The van der Waals surface area contributed by atoms with Gasteiger partial charge in [-0.3, -0.25) is 14.4 Å². The average Bonchev–Trinajstić information content (AvgIpc) is 3.14. The topological polar surface area (TPSA) is 41.4 Å². The van der Waals surface area contributed by atoms with Gasteiger partial charge in [-0.25, -0.2) is 0 Å². The summed E-state index contributed by atoms with van der Waals surface area (Å²) < 4.78 is 1.84. The zero-order chi connectivity index (χ0) is 19.2. The molecule has 3 rings (SSSR count). The van der Waals surface area contributed by atoms with Crippen molar-refractivity contribution >= 4 is 12.0 Å². The molecule has 2 heterocycles. The molecule has 0 atom stereocenters. The SMILES string of the molecule is CCn1nc(C(C)C)cc1C(=O)N1CCN(C/C=C/c2ccccc2)CC1. The summed E-state index contributed by atoms with van der Waals surface area (Å²) in [6, 6.07) is 12.3. The molecule has 1 aromatic heterocycles. The number of rotatable bonds is 6. The smallest absolute Gasteiger partial charge is 0.272 e. The molecule has 0 aliphatic carbocycles. The molecule has 144 valence electrons. The van der Waals surface area contributed by atoms with Crippen LogP contribution in [0.3, 0.4) is 0 Å². The van der Waals surface area contributed by atoms with Crippen molar-refractivity contribution in [1.82, 2.24) is 19.6 Å². The Morgan fingerprint density at radius 3 is 2.48 bits per heavy atom. The molecule has 0 spiro atoms. The van der Waals surface area contributed by atoms with Gasteiger partial charge < -0.3 is 4.90 Å². The number of carbonyl (C=O) groups excluding carboxylic acids is 1. The lowest BCUT2D eigenvalue weighted by Crippen LogP contribution is -2.49. The Balaban J connectivity index is 1.54. The minimum Gasteiger partial charge on any atom is -0.335 e. The number of aryl methyl sites for hydroxylation is 1. The molecule has 0 saturated carbocycles. The number of amides is 1. The molecule has 27 heavy (non-hydrogen) atoms. The fourth-order valence-electron chi connectivity index (χ4n) is 3.33. The van der Waals surface area contributed by atoms with E-state index in [4.69, 9.17) is 0 Å². The molecule has 5 nitrogen and oxygen atoms in total. The summed E-state index contributed by atoms with van der Waals surface area (Å²) in [5, 5.41) is 4.58. The maximum absolute atomic E-state index is 13.0. The van der Waals surface area contributed by atoms with Gasteiger partial charge in [-0.05, 0) is 24.5 Å². The summed E-state index contributed by atoms with van der Waals surface area (Å²) in [6.45, 7) is 11.2. The third kappa shape index (κ3) is 4.86. The summed E-state index contributed by atoms with van der Waals surface area (Å²) in [7, 11) is 0. The van der Waals surface area contributed by atoms with Crippen LogP contribution in [-0.4, -0.2) is 58.2 Å². The van der Waals surface area contributed by atoms with Crippen LogP contribution < -0.4 is 0 Å². The summed E-state index contributed by atoms with van der Waals surface area (Å²) in [5.41, 5.74) is 2.93. The Bertz CT molecular complexity index is 771. The third-order valence-corrected chi connectivity index (χ3v) is 5.04. The van der Waals surface area contributed by atoms with Crippen LogP contribution in [0.5, 0.6) is 0 Å². The fourth-order valence-corrected chi connectivity index (χ4v) is 3.33. The Morgan fingerprint density at radius 1 is 1.15 bits per heavy atom. The first-order chi connectivity index (χ1) is 13.1. The predicted molar refractivity (Wildman–Crippen MR) is 110 cm³/mol. The molecule has 1 amide bonds. The zero-order valence-electron chi connectivity index (χ0n) is 16.6. The number of piperazine rings is 1. The molecular formula is C22H30N4O. The van der Waals surface area contributed by atoms with E-state index in [1.807, 2.05) is 28.6 Å². The number of nitrogens with zero attached hydrogens (tertiary/aromatic N) is 4. The predicted octanol–water partition coefficient (Wildman–Crippen LogP) is 3.50. The van der Waals surface area contributed by atoms with Crippen LogP contribution in [-0.2, 0) is 6.54 Å². The highest BCUT2D eigenvalue weighted by Crippen LogP contribution is 2.17. The first-order valence-electron chi connectivity index (χ1n) is 9.89. The second-order valence-electron chi connectivity index (χ2n) is 7.33. The zero-order valence-corrected chi connectivity index (χ0v) is 16.6. The van der Waals surface area contributed by atoms with Gasteiger partial charge in [0.25, 0.3) is 5.91 Å². The Labute approximate surface area is 162 Å². The van der Waals surface area contributed by atoms with E-state index in [0.717, 1.165) is 50.7 Å². The van der Waals surface area contributed by atoms with Crippen LogP contribution >= 0.6 is 0 Å². The molecule has 1 aliphatic rings. The molecule has 1 aliphatic heterocycles. The van der Waals surface area contributed by atoms with Gasteiger partial charge in [-0.15, -0.1) is 0 Å². The van der Waals surface area contributed by atoms with Gasteiger partial charge in [0, 0.05) is 39.3 Å². The highest BCUT2D eigenvalue weighted by Gasteiger charge is 2.25. The third-order valence-electron chi connectivity index (χ3n) is 5.04. The number of benzene rings is 1. The molecule has 0 unspecified atom stereocenters. The van der Waals surface area contributed by atoms with Gasteiger partial charge >= 0.3 is 0 Å². The second-order valence-corrected chi connectivity index (χ2v) is 7.33. The molecule has 1 aromatic carbocycles. The highest BCUT2D eigenvalue weighted by molar-refractivity contribution is 5.92. The molecule has 0 bridgehead atoms. The van der Waals surface area contributed by atoms with Crippen molar-refractivity contribution in [3.05, 3.63) is 59.4 Å². The minimum absolute atomic E-state index is 0.107. The van der Waals surface area contributed by atoms with Crippen LogP contribution in [0.25, 0.3) is 6.08 Å². The minimum atomic E-state index is 0.107.